The maximum absolute atomic E-state index is 10.1. The Hall–Kier alpha value is -1.71. The normalized spacial score (nSPS) is 9.86. The summed E-state index contributed by atoms with van der Waals surface area (Å²) >= 11 is 0. The molecule has 0 saturated carbocycles. The molecule has 0 spiro atoms. The number of rotatable bonds is 10. The standard InChI is InChI=1S/C12H23O2.C6H8N2/c1-2-3-4-5-6-7-8-9-10-11-12(13)14;7-5-2-1-3-6(8)4-5/h2-11H2,1H3;1-4H,7-8H2. The first-order valence-corrected chi connectivity index (χ1v) is 8.37. The lowest BCUT2D eigenvalue weighted by Gasteiger charge is -2.00. The molecule has 0 fully saturated rings. The molecule has 0 aliphatic carbocycles. The summed E-state index contributed by atoms with van der Waals surface area (Å²) in [4.78, 5) is 10.1. The van der Waals surface area contributed by atoms with Gasteiger partial charge in [-0.25, -0.2) is 9.90 Å². The van der Waals surface area contributed by atoms with Crippen molar-refractivity contribution in [3.63, 3.8) is 0 Å². The Labute approximate surface area is 134 Å². The van der Waals surface area contributed by atoms with Crippen molar-refractivity contribution in [2.75, 3.05) is 11.5 Å². The van der Waals surface area contributed by atoms with Crippen molar-refractivity contribution in [1.29, 1.82) is 0 Å². The van der Waals surface area contributed by atoms with E-state index < -0.39 is 5.97 Å². The summed E-state index contributed by atoms with van der Waals surface area (Å²) in [7, 11) is 0. The maximum atomic E-state index is 10.1. The molecule has 4 heteroatoms. The van der Waals surface area contributed by atoms with E-state index >= 15 is 0 Å². The molecule has 0 saturated heterocycles. The SMILES string of the molecule is CCCCCCCCCCCC([O])=O.Nc1cccc(N)c1. The number of hydrogen-bond acceptors (Lipinski definition) is 3. The summed E-state index contributed by atoms with van der Waals surface area (Å²) in [6, 6.07) is 7.15. The second-order valence-corrected chi connectivity index (χ2v) is 5.62. The van der Waals surface area contributed by atoms with E-state index in [-0.39, 0.29) is 6.42 Å². The van der Waals surface area contributed by atoms with Gasteiger partial charge in [0, 0.05) is 11.4 Å². The van der Waals surface area contributed by atoms with Gasteiger partial charge >= 0.3 is 5.97 Å². The summed E-state index contributed by atoms with van der Waals surface area (Å²) in [6.45, 7) is 2.22. The highest BCUT2D eigenvalue weighted by Crippen LogP contribution is 2.10. The smallest absolute Gasteiger partial charge is 0.355 e. The third-order valence-electron chi connectivity index (χ3n) is 3.40. The van der Waals surface area contributed by atoms with Crippen LogP contribution in [0.25, 0.3) is 0 Å². The molecular weight excluding hydrogens is 276 g/mol. The number of hydrogen-bond donors (Lipinski definition) is 2. The quantitative estimate of drug-likeness (QED) is 0.484. The summed E-state index contributed by atoms with van der Waals surface area (Å²) in [6.07, 6.45) is 11.2. The molecule has 0 heterocycles. The van der Waals surface area contributed by atoms with Gasteiger partial charge in [-0.3, -0.25) is 0 Å². The average molecular weight is 307 g/mol. The van der Waals surface area contributed by atoms with Gasteiger partial charge in [-0.1, -0.05) is 64.4 Å². The predicted molar refractivity (Wildman–Crippen MR) is 92.8 cm³/mol. The predicted octanol–water partition coefficient (Wildman–Crippen LogP) is 4.72. The first-order valence-electron chi connectivity index (χ1n) is 8.37. The van der Waals surface area contributed by atoms with Crippen molar-refractivity contribution in [1.82, 2.24) is 0 Å². The number of benzene rings is 1. The maximum Gasteiger partial charge on any atom is 0.355 e. The number of carbonyl (C=O) groups is 1. The monoisotopic (exact) mass is 307 g/mol. The number of unbranched alkanes of at least 4 members (excludes halogenated alkanes) is 8. The fourth-order valence-corrected chi connectivity index (χ4v) is 2.14. The van der Waals surface area contributed by atoms with Crippen molar-refractivity contribution in [3.8, 4) is 0 Å². The molecule has 1 radical (unpaired) electrons. The third kappa shape index (κ3) is 14.7. The summed E-state index contributed by atoms with van der Waals surface area (Å²) in [5.74, 6) is -0.909. The van der Waals surface area contributed by atoms with Crippen LogP contribution in [0.3, 0.4) is 0 Å². The van der Waals surface area contributed by atoms with Gasteiger partial charge in [0.1, 0.15) is 0 Å². The zero-order valence-corrected chi connectivity index (χ0v) is 13.9. The molecule has 1 aromatic carbocycles. The Kier molecular flexibility index (Phi) is 13.1. The van der Waals surface area contributed by atoms with Gasteiger partial charge in [-0.2, -0.15) is 0 Å². The van der Waals surface area contributed by atoms with Gasteiger partial charge in [-0.05, 0) is 24.6 Å². The minimum Gasteiger partial charge on any atom is -0.399 e. The molecule has 0 atom stereocenters. The highest BCUT2D eigenvalue weighted by atomic mass is 16.4. The van der Waals surface area contributed by atoms with Crippen LogP contribution in [0.15, 0.2) is 24.3 Å². The minimum absolute atomic E-state index is 0.232. The van der Waals surface area contributed by atoms with Gasteiger partial charge in [0.2, 0.25) is 0 Å². The minimum atomic E-state index is -0.909. The van der Waals surface area contributed by atoms with Crippen LogP contribution in [-0.2, 0) is 9.90 Å². The fraction of sp³-hybridized carbons (Fsp3) is 0.611. The van der Waals surface area contributed by atoms with Crippen molar-refractivity contribution in [2.24, 2.45) is 0 Å². The summed E-state index contributed by atoms with van der Waals surface area (Å²) in [5, 5.41) is 10.1. The van der Waals surface area contributed by atoms with Crippen LogP contribution in [0.1, 0.15) is 71.1 Å². The van der Waals surface area contributed by atoms with Crippen LogP contribution >= 0.6 is 0 Å². The van der Waals surface area contributed by atoms with E-state index in [1.807, 2.05) is 6.07 Å². The van der Waals surface area contributed by atoms with Crippen LogP contribution in [0.2, 0.25) is 0 Å². The van der Waals surface area contributed by atoms with Crippen molar-refractivity contribution < 1.29 is 9.90 Å². The fourth-order valence-electron chi connectivity index (χ4n) is 2.14. The van der Waals surface area contributed by atoms with Gasteiger partial charge in [0.25, 0.3) is 0 Å². The van der Waals surface area contributed by atoms with E-state index in [1.54, 1.807) is 18.2 Å². The Morgan fingerprint density at radius 3 is 1.68 bits per heavy atom. The molecule has 0 aliphatic heterocycles. The molecule has 4 nitrogen and oxygen atoms in total. The highest BCUT2D eigenvalue weighted by Gasteiger charge is 1.98. The molecule has 0 unspecified atom stereocenters. The number of carbonyl (C=O) groups excluding carboxylic acids is 1. The van der Waals surface area contributed by atoms with Gasteiger partial charge in [0.15, 0.2) is 0 Å². The first kappa shape index (κ1) is 20.3. The lowest BCUT2D eigenvalue weighted by molar-refractivity contribution is -0.143. The first-order chi connectivity index (χ1) is 10.6. The molecule has 0 bridgehead atoms. The lowest BCUT2D eigenvalue weighted by Crippen LogP contribution is -1.91. The second-order valence-electron chi connectivity index (χ2n) is 5.62. The number of anilines is 2. The summed E-state index contributed by atoms with van der Waals surface area (Å²) < 4.78 is 0. The zero-order valence-electron chi connectivity index (χ0n) is 13.9. The molecule has 125 valence electrons. The van der Waals surface area contributed by atoms with E-state index in [1.165, 1.54) is 44.9 Å². The van der Waals surface area contributed by atoms with E-state index in [0.29, 0.717) is 11.4 Å². The molecular formula is C18H31N2O2. The lowest BCUT2D eigenvalue weighted by atomic mass is 10.1. The highest BCUT2D eigenvalue weighted by molar-refractivity contribution is 5.66. The number of nitrogen functional groups attached to an aromatic ring is 2. The topological polar surface area (TPSA) is 89.0 Å². The Morgan fingerprint density at radius 2 is 1.32 bits per heavy atom. The third-order valence-corrected chi connectivity index (χ3v) is 3.40. The number of nitrogens with two attached hydrogens (primary N) is 2. The molecule has 0 amide bonds. The van der Waals surface area contributed by atoms with Crippen LogP contribution in [0.5, 0.6) is 0 Å². The Morgan fingerprint density at radius 1 is 0.864 bits per heavy atom. The molecule has 4 N–H and O–H groups in total. The van der Waals surface area contributed by atoms with Crippen LogP contribution in [0, 0.1) is 0 Å². The summed E-state index contributed by atoms with van der Waals surface area (Å²) in [5.41, 5.74) is 12.2. The van der Waals surface area contributed by atoms with Crippen LogP contribution < -0.4 is 11.5 Å². The van der Waals surface area contributed by atoms with Crippen molar-refractivity contribution in [2.45, 2.75) is 71.1 Å². The van der Waals surface area contributed by atoms with Gasteiger partial charge in [-0.15, -0.1) is 0 Å². The molecule has 0 aliphatic rings. The molecule has 1 rings (SSSR count). The molecule has 1 aromatic rings. The average Bonchev–Trinajstić information content (AvgIpc) is 2.46. The van der Waals surface area contributed by atoms with Crippen molar-refractivity contribution >= 4 is 17.3 Å². The van der Waals surface area contributed by atoms with Crippen LogP contribution in [-0.4, -0.2) is 5.97 Å². The van der Waals surface area contributed by atoms with E-state index in [9.17, 15) is 9.90 Å². The molecule has 0 aromatic heterocycles. The van der Waals surface area contributed by atoms with Crippen molar-refractivity contribution in [3.05, 3.63) is 24.3 Å². The Bertz CT molecular complexity index is 377. The largest absolute Gasteiger partial charge is 0.399 e. The zero-order chi connectivity index (χ0) is 16.6. The Balaban J connectivity index is 0.000000461. The van der Waals surface area contributed by atoms with Crippen LogP contribution in [0.4, 0.5) is 11.4 Å². The van der Waals surface area contributed by atoms with Gasteiger partial charge in [0.05, 0.1) is 6.42 Å². The van der Waals surface area contributed by atoms with E-state index in [0.717, 1.165) is 12.8 Å². The van der Waals surface area contributed by atoms with Gasteiger partial charge < -0.3 is 11.5 Å². The van der Waals surface area contributed by atoms with E-state index in [4.69, 9.17) is 11.5 Å². The molecule has 22 heavy (non-hydrogen) atoms. The second kappa shape index (κ2) is 14.2. The van der Waals surface area contributed by atoms with E-state index in [2.05, 4.69) is 6.92 Å².